The van der Waals surface area contributed by atoms with E-state index in [0.717, 1.165) is 5.56 Å². The van der Waals surface area contributed by atoms with Crippen molar-refractivity contribution in [2.24, 2.45) is 0 Å². The van der Waals surface area contributed by atoms with Crippen molar-refractivity contribution in [1.29, 1.82) is 0 Å². The Morgan fingerprint density at radius 3 is 2.79 bits per heavy atom. The third-order valence-electron chi connectivity index (χ3n) is 3.12. The maximum absolute atomic E-state index is 14.2. The van der Waals surface area contributed by atoms with E-state index in [1.54, 1.807) is 12.1 Å². The topological polar surface area (TPSA) is 38.7 Å². The van der Waals surface area contributed by atoms with E-state index in [4.69, 9.17) is 9.39 Å². The number of halogens is 1. The first-order valence-corrected chi connectivity index (χ1v) is 6.03. The third kappa shape index (κ3) is 2.34. The van der Waals surface area contributed by atoms with E-state index >= 15 is 0 Å². The number of hydrogen-bond donors (Lipinski definition) is 1. The van der Waals surface area contributed by atoms with Crippen molar-refractivity contribution in [3.05, 3.63) is 59.4 Å². The first-order chi connectivity index (χ1) is 9.25. The summed E-state index contributed by atoms with van der Waals surface area (Å²) in [7, 11) is -1.20. The van der Waals surface area contributed by atoms with Gasteiger partial charge in [0, 0.05) is 5.46 Å². The summed E-state index contributed by atoms with van der Waals surface area (Å²) in [5.74, 6) is -0.411. The maximum Gasteiger partial charge on any atom is 0.494 e. The molecule has 0 saturated heterocycles. The molecule has 1 N–H and O–H groups in total. The highest BCUT2D eigenvalue weighted by Gasteiger charge is 2.32. The molecule has 2 aromatic carbocycles. The SMILES string of the molecule is OB1OCc2ccc(OCc3ccccc3)c(F)c21. The predicted molar refractivity (Wildman–Crippen MR) is 69.6 cm³/mol. The Morgan fingerprint density at radius 1 is 1.21 bits per heavy atom. The van der Waals surface area contributed by atoms with E-state index in [2.05, 4.69) is 0 Å². The van der Waals surface area contributed by atoms with Crippen LogP contribution in [-0.2, 0) is 17.9 Å². The average molecular weight is 258 g/mol. The molecule has 3 nitrogen and oxygen atoms in total. The minimum Gasteiger partial charge on any atom is -0.486 e. The van der Waals surface area contributed by atoms with E-state index in [9.17, 15) is 9.41 Å². The fraction of sp³-hybridized carbons (Fsp3) is 0.143. The minimum atomic E-state index is -1.20. The van der Waals surface area contributed by atoms with E-state index in [1.165, 1.54) is 0 Å². The van der Waals surface area contributed by atoms with Gasteiger partial charge in [-0.1, -0.05) is 36.4 Å². The van der Waals surface area contributed by atoms with Crippen molar-refractivity contribution < 1.29 is 18.8 Å². The van der Waals surface area contributed by atoms with Crippen molar-refractivity contribution in [2.45, 2.75) is 13.2 Å². The van der Waals surface area contributed by atoms with E-state index in [0.29, 0.717) is 5.56 Å². The summed E-state index contributed by atoms with van der Waals surface area (Å²) >= 11 is 0. The van der Waals surface area contributed by atoms with Gasteiger partial charge < -0.3 is 14.4 Å². The molecule has 0 fully saturated rings. The van der Waals surface area contributed by atoms with Crippen molar-refractivity contribution in [1.82, 2.24) is 0 Å². The lowest BCUT2D eigenvalue weighted by Crippen LogP contribution is -2.31. The van der Waals surface area contributed by atoms with Gasteiger partial charge in [0.25, 0.3) is 0 Å². The van der Waals surface area contributed by atoms with Gasteiger partial charge in [0.1, 0.15) is 6.61 Å². The minimum absolute atomic E-state index is 0.132. The van der Waals surface area contributed by atoms with Crippen LogP contribution in [0.5, 0.6) is 5.75 Å². The summed E-state index contributed by atoms with van der Waals surface area (Å²) in [6.45, 7) is 0.514. The van der Waals surface area contributed by atoms with Crippen LogP contribution in [0.1, 0.15) is 11.1 Å². The first-order valence-electron chi connectivity index (χ1n) is 6.03. The maximum atomic E-state index is 14.2. The van der Waals surface area contributed by atoms with Gasteiger partial charge in [0.05, 0.1) is 6.61 Å². The lowest BCUT2D eigenvalue weighted by molar-refractivity contribution is 0.275. The monoisotopic (exact) mass is 258 g/mol. The van der Waals surface area contributed by atoms with Gasteiger partial charge in [-0.2, -0.15) is 0 Å². The molecule has 0 bridgehead atoms. The first kappa shape index (κ1) is 12.2. The third-order valence-corrected chi connectivity index (χ3v) is 3.12. The van der Waals surface area contributed by atoms with Crippen LogP contribution in [0.3, 0.4) is 0 Å². The Kier molecular flexibility index (Phi) is 3.23. The Morgan fingerprint density at radius 2 is 2.00 bits per heavy atom. The normalized spacial score (nSPS) is 13.5. The second kappa shape index (κ2) is 5.03. The smallest absolute Gasteiger partial charge is 0.486 e. The predicted octanol–water partition coefficient (Wildman–Crippen LogP) is 1.62. The molecule has 0 atom stereocenters. The van der Waals surface area contributed by atoms with Crippen LogP contribution >= 0.6 is 0 Å². The molecule has 1 heterocycles. The van der Waals surface area contributed by atoms with Crippen molar-refractivity contribution in [3.63, 3.8) is 0 Å². The molecule has 19 heavy (non-hydrogen) atoms. The summed E-state index contributed by atoms with van der Waals surface area (Å²) in [4.78, 5) is 0. The van der Waals surface area contributed by atoms with Gasteiger partial charge in [0.2, 0.25) is 0 Å². The zero-order valence-electron chi connectivity index (χ0n) is 10.2. The molecule has 96 valence electrons. The van der Waals surface area contributed by atoms with E-state index in [-0.39, 0.29) is 24.4 Å². The Balaban J connectivity index is 1.81. The van der Waals surface area contributed by atoms with Crippen LogP contribution in [0, 0.1) is 5.82 Å². The van der Waals surface area contributed by atoms with Crippen molar-refractivity contribution >= 4 is 12.6 Å². The van der Waals surface area contributed by atoms with Gasteiger partial charge in [-0.05, 0) is 17.2 Å². The zero-order valence-corrected chi connectivity index (χ0v) is 10.2. The summed E-state index contributed by atoms with van der Waals surface area (Å²) < 4.78 is 24.6. The number of benzene rings is 2. The lowest BCUT2D eigenvalue weighted by atomic mass is 9.79. The molecule has 5 heteroatoms. The van der Waals surface area contributed by atoms with Crippen molar-refractivity contribution in [2.75, 3.05) is 0 Å². The Hall–Kier alpha value is -1.85. The van der Waals surface area contributed by atoms with Gasteiger partial charge in [-0.25, -0.2) is 4.39 Å². The molecule has 0 saturated carbocycles. The van der Waals surface area contributed by atoms with Crippen LogP contribution in [0.4, 0.5) is 4.39 Å². The number of ether oxygens (including phenoxy) is 1. The molecule has 0 aromatic heterocycles. The van der Waals surface area contributed by atoms with Gasteiger partial charge in [0.15, 0.2) is 11.6 Å². The molecule has 0 aliphatic carbocycles. The van der Waals surface area contributed by atoms with Gasteiger partial charge >= 0.3 is 7.12 Å². The van der Waals surface area contributed by atoms with E-state index in [1.807, 2.05) is 30.3 Å². The summed E-state index contributed by atoms with van der Waals surface area (Å²) in [5, 5.41) is 9.55. The van der Waals surface area contributed by atoms with Crippen LogP contribution < -0.4 is 10.2 Å². The second-order valence-corrected chi connectivity index (χ2v) is 4.39. The molecule has 1 aliphatic rings. The molecular formula is C14H12BFO3. The Labute approximate surface area is 110 Å². The average Bonchev–Trinajstić information content (AvgIpc) is 2.82. The molecule has 3 rings (SSSR count). The second-order valence-electron chi connectivity index (χ2n) is 4.39. The number of fused-ring (bicyclic) bond motifs is 1. The summed E-state index contributed by atoms with van der Waals surface area (Å²) in [6, 6.07) is 12.8. The molecular weight excluding hydrogens is 246 g/mol. The standard InChI is InChI=1S/C14H12BFO3/c16-14-12(18-8-10-4-2-1-3-5-10)7-6-11-9-19-15(17)13(11)14/h1-7,17H,8-9H2. The Bertz CT molecular complexity index is 589. The lowest BCUT2D eigenvalue weighted by Gasteiger charge is -2.10. The highest BCUT2D eigenvalue weighted by molar-refractivity contribution is 6.61. The van der Waals surface area contributed by atoms with Crippen LogP contribution in [0.2, 0.25) is 0 Å². The molecule has 1 aliphatic heterocycles. The van der Waals surface area contributed by atoms with Crippen LogP contribution in [0.25, 0.3) is 0 Å². The number of rotatable bonds is 3. The fourth-order valence-electron chi connectivity index (χ4n) is 2.10. The summed E-state index contributed by atoms with van der Waals surface area (Å²) in [6.07, 6.45) is 0. The van der Waals surface area contributed by atoms with Gasteiger partial charge in [-0.15, -0.1) is 0 Å². The molecule has 0 unspecified atom stereocenters. The number of hydrogen-bond acceptors (Lipinski definition) is 3. The molecule has 0 amide bonds. The molecule has 2 aromatic rings. The van der Waals surface area contributed by atoms with Gasteiger partial charge in [-0.3, -0.25) is 0 Å². The highest BCUT2D eigenvalue weighted by atomic mass is 19.1. The highest BCUT2D eigenvalue weighted by Crippen LogP contribution is 2.22. The quantitative estimate of drug-likeness (QED) is 0.850. The van der Waals surface area contributed by atoms with Crippen LogP contribution in [0.15, 0.2) is 42.5 Å². The zero-order chi connectivity index (χ0) is 13.2. The fourth-order valence-corrected chi connectivity index (χ4v) is 2.10. The molecule has 0 spiro atoms. The summed E-state index contributed by atoms with van der Waals surface area (Å²) in [5.41, 5.74) is 1.81. The van der Waals surface area contributed by atoms with Crippen LogP contribution in [-0.4, -0.2) is 12.1 Å². The van der Waals surface area contributed by atoms with Crippen molar-refractivity contribution in [3.8, 4) is 5.75 Å². The largest absolute Gasteiger partial charge is 0.494 e. The molecule has 0 radical (unpaired) electrons. The van der Waals surface area contributed by atoms with E-state index < -0.39 is 12.9 Å².